The topological polar surface area (TPSA) is 61.1 Å². The molecule has 0 aromatic heterocycles. The second kappa shape index (κ2) is 6.61. The zero-order chi connectivity index (χ0) is 15.4. The molecule has 0 aliphatic rings. The number of halogens is 2. The average molecular weight is 322 g/mol. The van der Waals surface area contributed by atoms with Crippen LogP contribution in [0.1, 0.15) is 21.5 Å². The van der Waals surface area contributed by atoms with Gasteiger partial charge in [0.25, 0.3) is 0 Å². The van der Waals surface area contributed by atoms with Gasteiger partial charge in [0.05, 0.1) is 22.2 Å². The molecule has 0 unspecified atom stereocenters. The number of carboxylic acids is 1. The molecule has 0 atom stereocenters. The van der Waals surface area contributed by atoms with Crippen molar-refractivity contribution in [3.05, 3.63) is 63.9 Å². The largest absolute Gasteiger partial charge is 0.478 e. The molecule has 2 rings (SSSR count). The number of hydrogen-bond donors (Lipinski definition) is 1. The Hall–Kier alpha value is -2.03. The van der Waals surface area contributed by atoms with Crippen molar-refractivity contribution in [3.8, 4) is 6.07 Å². The van der Waals surface area contributed by atoms with Crippen LogP contribution in [0.15, 0.2) is 41.3 Å². The van der Waals surface area contributed by atoms with E-state index < -0.39 is 11.8 Å². The molecular formula is C15H9ClFNO2S. The molecule has 2 aromatic carbocycles. The van der Waals surface area contributed by atoms with E-state index in [1.54, 1.807) is 12.1 Å². The van der Waals surface area contributed by atoms with Crippen LogP contribution < -0.4 is 0 Å². The lowest BCUT2D eigenvalue weighted by atomic mass is 10.1. The normalized spacial score (nSPS) is 10.1. The van der Waals surface area contributed by atoms with Gasteiger partial charge in [0, 0.05) is 10.6 Å². The third-order valence-electron chi connectivity index (χ3n) is 2.75. The van der Waals surface area contributed by atoms with Crippen molar-refractivity contribution in [3.63, 3.8) is 0 Å². The first-order chi connectivity index (χ1) is 10.0. The summed E-state index contributed by atoms with van der Waals surface area (Å²) >= 11 is 7.15. The standard InChI is InChI=1S/C15H9ClFNO2S/c16-14-4-3-12(6-13(14)15(19)20)21-8-9-1-2-11(17)5-10(9)7-18/h1-6H,8H2,(H,19,20). The van der Waals surface area contributed by atoms with Crippen LogP contribution in [0.4, 0.5) is 4.39 Å². The molecule has 0 saturated carbocycles. The van der Waals surface area contributed by atoms with Crippen LogP contribution in [-0.4, -0.2) is 11.1 Å². The molecule has 0 radical (unpaired) electrons. The summed E-state index contributed by atoms with van der Waals surface area (Å²) in [7, 11) is 0. The molecule has 21 heavy (non-hydrogen) atoms. The molecule has 0 bridgehead atoms. The number of nitriles is 1. The van der Waals surface area contributed by atoms with Crippen LogP contribution in [0.2, 0.25) is 5.02 Å². The lowest BCUT2D eigenvalue weighted by Gasteiger charge is -2.06. The fourth-order valence-electron chi connectivity index (χ4n) is 1.70. The van der Waals surface area contributed by atoms with Crippen molar-refractivity contribution in [2.75, 3.05) is 0 Å². The van der Waals surface area contributed by atoms with Crippen molar-refractivity contribution in [2.24, 2.45) is 0 Å². The molecule has 1 N–H and O–H groups in total. The Morgan fingerprint density at radius 1 is 1.33 bits per heavy atom. The molecule has 0 spiro atoms. The highest BCUT2D eigenvalue weighted by atomic mass is 35.5. The van der Waals surface area contributed by atoms with Gasteiger partial charge in [-0.05, 0) is 35.9 Å². The predicted octanol–water partition coefficient (Wildman–Crippen LogP) is 4.34. The number of hydrogen-bond acceptors (Lipinski definition) is 3. The first-order valence-electron chi connectivity index (χ1n) is 5.85. The Balaban J connectivity index is 2.19. The van der Waals surface area contributed by atoms with Gasteiger partial charge in [-0.2, -0.15) is 5.26 Å². The second-order valence-electron chi connectivity index (χ2n) is 4.15. The molecule has 2 aromatic rings. The Morgan fingerprint density at radius 3 is 2.76 bits per heavy atom. The van der Waals surface area contributed by atoms with Gasteiger partial charge >= 0.3 is 5.97 Å². The number of benzene rings is 2. The maximum atomic E-state index is 13.0. The summed E-state index contributed by atoms with van der Waals surface area (Å²) < 4.78 is 13.0. The van der Waals surface area contributed by atoms with Crippen LogP contribution in [0.5, 0.6) is 0 Å². The van der Waals surface area contributed by atoms with E-state index in [0.29, 0.717) is 16.2 Å². The highest BCUT2D eigenvalue weighted by Gasteiger charge is 2.10. The minimum atomic E-state index is -1.10. The van der Waals surface area contributed by atoms with Gasteiger partial charge in [-0.3, -0.25) is 0 Å². The van der Waals surface area contributed by atoms with Crippen molar-refractivity contribution < 1.29 is 14.3 Å². The Bertz CT molecular complexity index is 743. The van der Waals surface area contributed by atoms with E-state index in [2.05, 4.69) is 0 Å². The van der Waals surface area contributed by atoms with E-state index in [0.717, 1.165) is 0 Å². The van der Waals surface area contributed by atoms with E-state index >= 15 is 0 Å². The van der Waals surface area contributed by atoms with Crippen molar-refractivity contribution >= 4 is 29.3 Å². The quantitative estimate of drug-likeness (QED) is 0.851. The van der Waals surface area contributed by atoms with Crippen LogP contribution >= 0.6 is 23.4 Å². The molecule has 6 heteroatoms. The Morgan fingerprint density at radius 2 is 2.10 bits per heavy atom. The lowest BCUT2D eigenvalue weighted by Crippen LogP contribution is -1.97. The van der Waals surface area contributed by atoms with Crippen LogP contribution in [0.3, 0.4) is 0 Å². The summed E-state index contributed by atoms with van der Waals surface area (Å²) in [5.74, 6) is -1.12. The number of carboxylic acid groups (broad SMARTS) is 1. The highest BCUT2D eigenvalue weighted by molar-refractivity contribution is 7.98. The number of nitrogens with zero attached hydrogens (tertiary/aromatic N) is 1. The lowest BCUT2D eigenvalue weighted by molar-refractivity contribution is 0.0697. The third kappa shape index (κ3) is 3.75. The fraction of sp³-hybridized carbons (Fsp3) is 0.0667. The molecule has 0 heterocycles. The number of aromatic carboxylic acids is 1. The van der Waals surface area contributed by atoms with Crippen molar-refractivity contribution in [1.29, 1.82) is 5.26 Å². The van der Waals surface area contributed by atoms with Crippen LogP contribution in [0.25, 0.3) is 0 Å². The van der Waals surface area contributed by atoms with Gasteiger partial charge in [-0.1, -0.05) is 17.7 Å². The van der Waals surface area contributed by atoms with Crippen LogP contribution in [0, 0.1) is 17.1 Å². The summed E-state index contributed by atoms with van der Waals surface area (Å²) in [6.45, 7) is 0. The van der Waals surface area contributed by atoms with Crippen LogP contribution in [-0.2, 0) is 5.75 Å². The molecule has 3 nitrogen and oxygen atoms in total. The summed E-state index contributed by atoms with van der Waals surface area (Å²) in [5.41, 5.74) is 0.993. The van der Waals surface area contributed by atoms with Crippen molar-refractivity contribution in [1.82, 2.24) is 0 Å². The van der Waals surface area contributed by atoms with E-state index in [-0.39, 0.29) is 16.1 Å². The minimum Gasteiger partial charge on any atom is -0.478 e. The maximum Gasteiger partial charge on any atom is 0.337 e. The van der Waals surface area contributed by atoms with Gasteiger partial charge in [0.15, 0.2) is 0 Å². The number of thioether (sulfide) groups is 1. The zero-order valence-electron chi connectivity index (χ0n) is 10.6. The molecular weight excluding hydrogens is 313 g/mol. The molecule has 0 aliphatic heterocycles. The SMILES string of the molecule is N#Cc1cc(F)ccc1CSc1ccc(Cl)c(C(=O)O)c1. The first kappa shape index (κ1) is 15.4. The minimum absolute atomic E-state index is 0.0290. The number of rotatable bonds is 4. The van der Waals surface area contributed by atoms with Gasteiger partial charge < -0.3 is 5.11 Å². The Labute approximate surface area is 130 Å². The molecule has 0 saturated heterocycles. The van der Waals surface area contributed by atoms with Gasteiger partial charge in [-0.15, -0.1) is 11.8 Å². The summed E-state index contributed by atoms with van der Waals surface area (Å²) in [6.07, 6.45) is 0. The molecule has 0 aliphatic carbocycles. The van der Waals surface area contributed by atoms with Gasteiger partial charge in [0.1, 0.15) is 5.82 Å². The summed E-state index contributed by atoms with van der Waals surface area (Å²) in [5, 5.41) is 18.2. The Kier molecular flexibility index (Phi) is 4.84. The zero-order valence-corrected chi connectivity index (χ0v) is 12.2. The smallest absolute Gasteiger partial charge is 0.337 e. The highest BCUT2D eigenvalue weighted by Crippen LogP contribution is 2.28. The predicted molar refractivity (Wildman–Crippen MR) is 79.1 cm³/mol. The van der Waals surface area contributed by atoms with E-state index in [1.807, 2.05) is 6.07 Å². The van der Waals surface area contributed by atoms with E-state index in [9.17, 15) is 9.18 Å². The summed E-state index contributed by atoms with van der Waals surface area (Å²) in [6, 6.07) is 10.7. The molecule has 0 amide bonds. The maximum absolute atomic E-state index is 13.0. The third-order valence-corrected chi connectivity index (χ3v) is 4.13. The van der Waals surface area contributed by atoms with E-state index in [1.165, 1.54) is 36.0 Å². The summed E-state index contributed by atoms with van der Waals surface area (Å²) in [4.78, 5) is 11.7. The van der Waals surface area contributed by atoms with E-state index in [4.69, 9.17) is 22.0 Å². The monoisotopic (exact) mass is 321 g/mol. The van der Waals surface area contributed by atoms with Crippen molar-refractivity contribution in [2.45, 2.75) is 10.6 Å². The van der Waals surface area contributed by atoms with Gasteiger partial charge in [-0.25, -0.2) is 9.18 Å². The number of carbonyl (C=O) groups is 1. The van der Waals surface area contributed by atoms with Gasteiger partial charge in [0.2, 0.25) is 0 Å². The molecule has 0 fully saturated rings. The molecule has 106 valence electrons. The fourth-order valence-corrected chi connectivity index (χ4v) is 2.84. The second-order valence-corrected chi connectivity index (χ2v) is 5.60. The average Bonchev–Trinajstić information content (AvgIpc) is 2.46. The first-order valence-corrected chi connectivity index (χ1v) is 7.22.